The van der Waals surface area contributed by atoms with Crippen LogP contribution in [0.5, 0.6) is 0 Å². The van der Waals surface area contributed by atoms with Gasteiger partial charge in [-0.05, 0) is 67.0 Å². The maximum Gasteiger partial charge on any atom is 0.0548 e. The summed E-state index contributed by atoms with van der Waals surface area (Å²) < 4.78 is 0.972. The molecular weight excluding hydrogens is 312 g/mol. The van der Waals surface area contributed by atoms with Crippen molar-refractivity contribution in [1.82, 2.24) is 10.2 Å². The maximum absolute atomic E-state index is 5.99. The van der Waals surface area contributed by atoms with Gasteiger partial charge in [-0.1, -0.05) is 17.7 Å². The number of hydrogen-bond donors (Lipinski definition) is 1. The third kappa shape index (κ3) is 3.70. The van der Waals surface area contributed by atoms with E-state index >= 15 is 0 Å². The van der Waals surface area contributed by atoms with Crippen LogP contribution in [0.4, 0.5) is 0 Å². The first-order valence-electron chi connectivity index (χ1n) is 6.44. The van der Waals surface area contributed by atoms with E-state index in [4.69, 9.17) is 11.6 Å². The van der Waals surface area contributed by atoms with Crippen molar-refractivity contribution < 1.29 is 0 Å². The van der Waals surface area contributed by atoms with Gasteiger partial charge < -0.3 is 10.2 Å². The summed E-state index contributed by atoms with van der Waals surface area (Å²) in [6.45, 7) is 4.40. The molecule has 100 valence electrons. The maximum atomic E-state index is 5.99. The van der Waals surface area contributed by atoms with Gasteiger partial charge in [0.05, 0.1) is 5.02 Å². The highest BCUT2D eigenvalue weighted by atomic mass is 79.9. The summed E-state index contributed by atoms with van der Waals surface area (Å²) >= 11 is 9.45. The van der Waals surface area contributed by atoms with Crippen molar-refractivity contribution in [2.24, 2.45) is 0 Å². The van der Waals surface area contributed by atoms with E-state index < -0.39 is 0 Å². The van der Waals surface area contributed by atoms with E-state index in [2.05, 4.69) is 52.3 Å². The van der Waals surface area contributed by atoms with Crippen LogP contribution in [0.25, 0.3) is 0 Å². The molecule has 1 fully saturated rings. The van der Waals surface area contributed by atoms with E-state index in [1.807, 2.05) is 6.07 Å². The predicted molar refractivity (Wildman–Crippen MR) is 81.1 cm³/mol. The molecule has 2 atom stereocenters. The Labute approximate surface area is 123 Å². The first-order chi connectivity index (χ1) is 8.56. The highest BCUT2D eigenvalue weighted by molar-refractivity contribution is 9.10. The zero-order chi connectivity index (χ0) is 13.1. The van der Waals surface area contributed by atoms with Gasteiger partial charge in [0.1, 0.15) is 0 Å². The van der Waals surface area contributed by atoms with E-state index in [1.54, 1.807) is 0 Å². The van der Waals surface area contributed by atoms with Crippen molar-refractivity contribution in [2.45, 2.75) is 38.4 Å². The molecular formula is C14H20BrClN2. The van der Waals surface area contributed by atoms with Crippen LogP contribution in [0.2, 0.25) is 5.02 Å². The van der Waals surface area contributed by atoms with Crippen LogP contribution in [-0.4, -0.2) is 30.6 Å². The Morgan fingerprint density at radius 2 is 2.28 bits per heavy atom. The Balaban J connectivity index is 1.86. The fourth-order valence-electron chi connectivity index (χ4n) is 2.39. The number of nitrogens with zero attached hydrogens (tertiary/aromatic N) is 1. The highest BCUT2D eigenvalue weighted by Crippen LogP contribution is 2.23. The standard InChI is InChI=1S/C14H20BrClN2/c1-10-7-12(5-6-18(10)2)17-9-11-3-4-14(16)13(15)8-11/h3-4,8,10,12,17H,5-7,9H2,1-2H3. The molecule has 1 aromatic rings. The molecule has 2 unspecified atom stereocenters. The molecule has 0 radical (unpaired) electrons. The summed E-state index contributed by atoms with van der Waals surface area (Å²) in [5.74, 6) is 0. The molecule has 1 aliphatic rings. The van der Waals surface area contributed by atoms with Gasteiger partial charge >= 0.3 is 0 Å². The molecule has 0 saturated carbocycles. The van der Waals surface area contributed by atoms with Crippen molar-refractivity contribution in [1.29, 1.82) is 0 Å². The average molecular weight is 332 g/mol. The van der Waals surface area contributed by atoms with Crippen LogP contribution < -0.4 is 5.32 Å². The molecule has 0 amide bonds. The van der Waals surface area contributed by atoms with Crippen molar-refractivity contribution in [3.05, 3.63) is 33.3 Å². The quantitative estimate of drug-likeness (QED) is 0.909. The molecule has 4 heteroatoms. The summed E-state index contributed by atoms with van der Waals surface area (Å²) in [6, 6.07) is 7.42. The zero-order valence-electron chi connectivity index (χ0n) is 10.9. The first kappa shape index (κ1) is 14.3. The minimum Gasteiger partial charge on any atom is -0.310 e. The summed E-state index contributed by atoms with van der Waals surface area (Å²) in [7, 11) is 2.21. The Hall–Kier alpha value is -0.0900. The van der Waals surface area contributed by atoms with E-state index in [1.165, 1.54) is 24.9 Å². The summed E-state index contributed by atoms with van der Waals surface area (Å²) in [5, 5.41) is 4.42. The van der Waals surface area contributed by atoms with Crippen LogP contribution in [0.15, 0.2) is 22.7 Å². The Bertz CT molecular complexity index is 411. The zero-order valence-corrected chi connectivity index (χ0v) is 13.3. The van der Waals surface area contributed by atoms with Gasteiger partial charge in [0.25, 0.3) is 0 Å². The number of nitrogens with one attached hydrogen (secondary N) is 1. The van der Waals surface area contributed by atoms with Gasteiger partial charge in [0.15, 0.2) is 0 Å². The smallest absolute Gasteiger partial charge is 0.0548 e. The summed E-state index contributed by atoms with van der Waals surface area (Å²) in [5.41, 5.74) is 1.28. The van der Waals surface area contributed by atoms with Gasteiger partial charge in [-0.15, -0.1) is 0 Å². The Morgan fingerprint density at radius 3 is 2.94 bits per heavy atom. The van der Waals surface area contributed by atoms with Gasteiger partial charge in [0.2, 0.25) is 0 Å². The number of hydrogen-bond acceptors (Lipinski definition) is 2. The fraction of sp³-hybridized carbons (Fsp3) is 0.571. The van der Waals surface area contributed by atoms with E-state index in [9.17, 15) is 0 Å². The van der Waals surface area contributed by atoms with Gasteiger partial charge in [-0.3, -0.25) is 0 Å². The van der Waals surface area contributed by atoms with E-state index in [0.717, 1.165) is 16.0 Å². The van der Waals surface area contributed by atoms with Crippen LogP contribution >= 0.6 is 27.5 Å². The van der Waals surface area contributed by atoms with Crippen LogP contribution in [0.3, 0.4) is 0 Å². The lowest BCUT2D eigenvalue weighted by Crippen LogP contribution is -2.45. The third-order valence-electron chi connectivity index (χ3n) is 3.79. The third-order valence-corrected chi connectivity index (χ3v) is 5.00. The average Bonchev–Trinajstić information content (AvgIpc) is 2.35. The first-order valence-corrected chi connectivity index (χ1v) is 7.61. The molecule has 1 saturated heterocycles. The van der Waals surface area contributed by atoms with Crippen LogP contribution in [0.1, 0.15) is 25.3 Å². The predicted octanol–water partition coefficient (Wildman–Crippen LogP) is 3.67. The van der Waals surface area contributed by atoms with Crippen LogP contribution in [-0.2, 0) is 6.54 Å². The highest BCUT2D eigenvalue weighted by Gasteiger charge is 2.21. The molecule has 1 aliphatic heterocycles. The van der Waals surface area contributed by atoms with Gasteiger partial charge in [-0.25, -0.2) is 0 Å². The molecule has 0 aromatic heterocycles. The van der Waals surface area contributed by atoms with E-state index in [-0.39, 0.29) is 0 Å². The number of piperidine rings is 1. The van der Waals surface area contributed by atoms with Crippen LogP contribution in [0, 0.1) is 0 Å². The largest absolute Gasteiger partial charge is 0.310 e. The van der Waals surface area contributed by atoms with Gasteiger partial charge in [-0.2, -0.15) is 0 Å². The molecule has 18 heavy (non-hydrogen) atoms. The second-order valence-corrected chi connectivity index (χ2v) is 6.44. The van der Waals surface area contributed by atoms with Crippen molar-refractivity contribution in [3.8, 4) is 0 Å². The summed E-state index contributed by atoms with van der Waals surface area (Å²) in [6.07, 6.45) is 2.46. The second kappa shape index (κ2) is 6.38. The van der Waals surface area contributed by atoms with Crippen molar-refractivity contribution in [2.75, 3.05) is 13.6 Å². The lowest BCUT2D eigenvalue weighted by Gasteiger charge is -2.35. The minimum atomic E-state index is 0.630. The molecule has 0 bridgehead atoms. The molecule has 1 aromatic carbocycles. The Morgan fingerprint density at radius 1 is 1.50 bits per heavy atom. The lowest BCUT2D eigenvalue weighted by atomic mass is 9.99. The number of benzene rings is 1. The number of rotatable bonds is 3. The molecule has 2 rings (SSSR count). The van der Waals surface area contributed by atoms with E-state index in [0.29, 0.717) is 12.1 Å². The fourth-order valence-corrected chi connectivity index (χ4v) is 2.93. The minimum absolute atomic E-state index is 0.630. The lowest BCUT2D eigenvalue weighted by molar-refractivity contribution is 0.168. The molecule has 2 nitrogen and oxygen atoms in total. The van der Waals surface area contributed by atoms with Crippen molar-refractivity contribution >= 4 is 27.5 Å². The normalized spacial score (nSPS) is 25.3. The monoisotopic (exact) mass is 330 g/mol. The molecule has 1 heterocycles. The topological polar surface area (TPSA) is 15.3 Å². The Kier molecular flexibility index (Phi) is 5.07. The van der Waals surface area contributed by atoms with Crippen molar-refractivity contribution in [3.63, 3.8) is 0 Å². The molecule has 0 aliphatic carbocycles. The number of likely N-dealkylation sites (tertiary alicyclic amines) is 1. The summed E-state index contributed by atoms with van der Waals surface area (Å²) in [4.78, 5) is 2.43. The number of halogens is 2. The SMILES string of the molecule is CC1CC(NCc2ccc(Cl)c(Br)c2)CCN1C. The molecule has 1 N–H and O–H groups in total. The molecule has 0 spiro atoms. The van der Waals surface area contributed by atoms with Gasteiger partial charge in [0, 0.05) is 23.1 Å². The second-order valence-electron chi connectivity index (χ2n) is 5.18.